The predicted octanol–water partition coefficient (Wildman–Crippen LogP) is 3.53. The molecule has 14 heavy (non-hydrogen) atoms. The molecule has 1 unspecified atom stereocenters. The smallest absolute Gasteiger partial charge is 0.0856 e. The summed E-state index contributed by atoms with van der Waals surface area (Å²) in [6, 6.07) is 0. The van der Waals surface area contributed by atoms with E-state index in [9.17, 15) is 5.11 Å². The van der Waals surface area contributed by atoms with Crippen molar-refractivity contribution in [1.82, 2.24) is 0 Å². The van der Waals surface area contributed by atoms with Gasteiger partial charge >= 0.3 is 0 Å². The van der Waals surface area contributed by atoms with Gasteiger partial charge in [-0.05, 0) is 24.2 Å². The van der Waals surface area contributed by atoms with E-state index < -0.39 is 5.60 Å². The molecule has 0 saturated heterocycles. The lowest BCUT2D eigenvalue weighted by Gasteiger charge is -2.39. The maximum atomic E-state index is 10.5. The third-order valence-corrected chi connectivity index (χ3v) is 3.69. The molecule has 0 heterocycles. The summed E-state index contributed by atoms with van der Waals surface area (Å²) >= 11 is 0. The second kappa shape index (κ2) is 4.06. The molecule has 0 fully saturated rings. The predicted molar refractivity (Wildman–Crippen MR) is 61.2 cm³/mol. The van der Waals surface area contributed by atoms with Crippen LogP contribution in [0.4, 0.5) is 0 Å². The SMILES string of the molecule is CCC(CC)C1(O)C=CC(C)(C)CC1. The first-order valence-corrected chi connectivity index (χ1v) is 5.86. The van der Waals surface area contributed by atoms with Crippen LogP contribution in [0.1, 0.15) is 53.4 Å². The molecule has 0 spiro atoms. The highest BCUT2D eigenvalue weighted by Gasteiger charge is 2.36. The Morgan fingerprint density at radius 3 is 2.07 bits per heavy atom. The fraction of sp³-hybridized carbons (Fsp3) is 0.846. The maximum Gasteiger partial charge on any atom is 0.0856 e. The van der Waals surface area contributed by atoms with Gasteiger partial charge in [0.2, 0.25) is 0 Å². The van der Waals surface area contributed by atoms with Gasteiger partial charge in [-0.15, -0.1) is 0 Å². The van der Waals surface area contributed by atoms with E-state index in [0.717, 1.165) is 25.7 Å². The van der Waals surface area contributed by atoms with Crippen LogP contribution in [0.3, 0.4) is 0 Å². The summed E-state index contributed by atoms with van der Waals surface area (Å²) < 4.78 is 0. The lowest BCUT2D eigenvalue weighted by molar-refractivity contribution is 0.000652. The van der Waals surface area contributed by atoms with Gasteiger partial charge in [-0.1, -0.05) is 52.7 Å². The highest BCUT2D eigenvalue weighted by molar-refractivity contribution is 5.12. The van der Waals surface area contributed by atoms with Crippen molar-refractivity contribution >= 4 is 0 Å². The van der Waals surface area contributed by atoms with Crippen molar-refractivity contribution in [3.05, 3.63) is 12.2 Å². The number of rotatable bonds is 3. The molecule has 0 aromatic carbocycles. The van der Waals surface area contributed by atoms with Crippen molar-refractivity contribution < 1.29 is 5.11 Å². The summed E-state index contributed by atoms with van der Waals surface area (Å²) in [5, 5.41) is 10.5. The summed E-state index contributed by atoms with van der Waals surface area (Å²) in [7, 11) is 0. The van der Waals surface area contributed by atoms with Gasteiger partial charge in [-0.2, -0.15) is 0 Å². The van der Waals surface area contributed by atoms with Crippen molar-refractivity contribution in [1.29, 1.82) is 0 Å². The summed E-state index contributed by atoms with van der Waals surface area (Å²) in [4.78, 5) is 0. The molecular weight excluding hydrogens is 172 g/mol. The first-order valence-electron chi connectivity index (χ1n) is 5.86. The normalized spacial score (nSPS) is 31.0. The molecule has 0 aliphatic heterocycles. The van der Waals surface area contributed by atoms with Gasteiger partial charge in [0.15, 0.2) is 0 Å². The zero-order valence-electron chi connectivity index (χ0n) is 10.0. The van der Waals surface area contributed by atoms with Gasteiger partial charge in [0.1, 0.15) is 0 Å². The number of aliphatic hydroxyl groups is 1. The third kappa shape index (κ3) is 2.38. The molecule has 1 nitrogen and oxygen atoms in total. The molecule has 1 aliphatic rings. The van der Waals surface area contributed by atoms with E-state index in [0.29, 0.717) is 5.92 Å². The van der Waals surface area contributed by atoms with Crippen LogP contribution in [0.25, 0.3) is 0 Å². The quantitative estimate of drug-likeness (QED) is 0.685. The Bertz CT molecular complexity index is 213. The lowest BCUT2D eigenvalue weighted by Crippen LogP contribution is -2.39. The molecule has 1 rings (SSSR count). The molecular formula is C13H24O. The summed E-state index contributed by atoms with van der Waals surface area (Å²) in [5.41, 5.74) is -0.253. The van der Waals surface area contributed by atoms with E-state index in [1.807, 2.05) is 6.08 Å². The molecule has 0 saturated carbocycles. The fourth-order valence-electron chi connectivity index (χ4n) is 2.39. The Balaban J connectivity index is 2.78. The average Bonchev–Trinajstić information content (AvgIpc) is 2.13. The fourth-order valence-corrected chi connectivity index (χ4v) is 2.39. The molecule has 0 aromatic heterocycles. The van der Waals surface area contributed by atoms with Gasteiger partial charge in [0.05, 0.1) is 5.60 Å². The van der Waals surface area contributed by atoms with E-state index in [-0.39, 0.29) is 5.41 Å². The van der Waals surface area contributed by atoms with Crippen molar-refractivity contribution in [3.63, 3.8) is 0 Å². The first kappa shape index (κ1) is 11.8. The first-order chi connectivity index (χ1) is 6.43. The number of hydrogen-bond donors (Lipinski definition) is 1. The van der Waals surface area contributed by atoms with E-state index in [1.54, 1.807) is 0 Å². The van der Waals surface area contributed by atoms with Crippen LogP contribution < -0.4 is 0 Å². The van der Waals surface area contributed by atoms with E-state index in [2.05, 4.69) is 33.8 Å². The zero-order valence-corrected chi connectivity index (χ0v) is 10.0. The highest BCUT2D eigenvalue weighted by Crippen LogP contribution is 2.39. The topological polar surface area (TPSA) is 20.2 Å². The van der Waals surface area contributed by atoms with E-state index in [1.165, 1.54) is 0 Å². The monoisotopic (exact) mass is 196 g/mol. The summed E-state index contributed by atoms with van der Waals surface area (Å²) in [6.45, 7) is 8.80. The van der Waals surface area contributed by atoms with Crippen LogP contribution in [0.15, 0.2) is 12.2 Å². The molecule has 1 atom stereocenters. The van der Waals surface area contributed by atoms with Crippen molar-refractivity contribution in [2.24, 2.45) is 11.3 Å². The zero-order chi connectivity index (χ0) is 10.8. The van der Waals surface area contributed by atoms with Gasteiger partial charge in [0.25, 0.3) is 0 Å². The summed E-state index contributed by atoms with van der Waals surface area (Å²) in [5.74, 6) is 0.426. The molecule has 1 heteroatoms. The van der Waals surface area contributed by atoms with Gasteiger partial charge < -0.3 is 5.11 Å². The third-order valence-electron chi connectivity index (χ3n) is 3.69. The van der Waals surface area contributed by atoms with Crippen LogP contribution in [-0.2, 0) is 0 Å². The largest absolute Gasteiger partial charge is 0.386 e. The molecule has 1 N–H and O–H groups in total. The van der Waals surface area contributed by atoms with Crippen LogP contribution in [0.5, 0.6) is 0 Å². The molecule has 82 valence electrons. The van der Waals surface area contributed by atoms with Gasteiger partial charge in [-0.3, -0.25) is 0 Å². The van der Waals surface area contributed by atoms with Crippen molar-refractivity contribution in [3.8, 4) is 0 Å². The minimum atomic E-state index is -0.529. The summed E-state index contributed by atoms with van der Waals surface area (Å²) in [6.07, 6.45) is 8.39. The van der Waals surface area contributed by atoms with Crippen molar-refractivity contribution in [2.45, 2.75) is 59.0 Å². The maximum absolute atomic E-state index is 10.5. The Hall–Kier alpha value is -0.300. The lowest BCUT2D eigenvalue weighted by atomic mass is 9.70. The van der Waals surface area contributed by atoms with Gasteiger partial charge in [-0.25, -0.2) is 0 Å². The molecule has 0 amide bonds. The molecule has 0 aromatic rings. The molecule has 1 aliphatic carbocycles. The standard InChI is InChI=1S/C13H24O/c1-5-11(6-2)13(14)9-7-12(3,4)8-10-13/h7,9,11,14H,5-6,8,10H2,1-4H3. The Kier molecular flexibility index (Phi) is 3.41. The van der Waals surface area contributed by atoms with Crippen LogP contribution in [0.2, 0.25) is 0 Å². The molecule has 0 radical (unpaired) electrons. The Morgan fingerprint density at radius 1 is 1.14 bits per heavy atom. The van der Waals surface area contributed by atoms with E-state index in [4.69, 9.17) is 0 Å². The second-order valence-electron chi connectivity index (χ2n) is 5.33. The van der Waals surface area contributed by atoms with Gasteiger partial charge in [0, 0.05) is 0 Å². The van der Waals surface area contributed by atoms with Crippen LogP contribution >= 0.6 is 0 Å². The van der Waals surface area contributed by atoms with Crippen molar-refractivity contribution in [2.75, 3.05) is 0 Å². The Morgan fingerprint density at radius 2 is 1.71 bits per heavy atom. The minimum absolute atomic E-state index is 0.276. The number of allylic oxidation sites excluding steroid dienone is 1. The molecule has 0 bridgehead atoms. The Labute approximate surface area is 88.2 Å². The van der Waals surface area contributed by atoms with E-state index >= 15 is 0 Å². The van der Waals surface area contributed by atoms with Crippen LogP contribution in [0, 0.1) is 11.3 Å². The number of hydrogen-bond acceptors (Lipinski definition) is 1. The highest BCUT2D eigenvalue weighted by atomic mass is 16.3. The minimum Gasteiger partial charge on any atom is -0.386 e. The second-order valence-corrected chi connectivity index (χ2v) is 5.33. The van der Waals surface area contributed by atoms with Crippen LogP contribution in [-0.4, -0.2) is 10.7 Å². The average molecular weight is 196 g/mol.